The molecule has 1 N–H and O–H groups in total. The molecule has 0 aliphatic rings. The van der Waals surface area contributed by atoms with E-state index in [1.165, 1.54) is 6.07 Å². The van der Waals surface area contributed by atoms with Crippen LogP contribution in [-0.4, -0.2) is 19.5 Å². The minimum atomic E-state index is -0.370. The number of nitrogens with zero attached hydrogens (tertiary/aromatic N) is 4. The Labute approximate surface area is 139 Å². The van der Waals surface area contributed by atoms with Gasteiger partial charge in [-0.05, 0) is 37.1 Å². The number of anilines is 1. The third-order valence-electron chi connectivity index (χ3n) is 4.00. The molecule has 0 saturated carbocycles. The summed E-state index contributed by atoms with van der Waals surface area (Å²) in [5.74, 6) is 1.07. The normalized spacial score (nSPS) is 12.5. The van der Waals surface area contributed by atoms with Crippen molar-refractivity contribution in [1.29, 1.82) is 0 Å². The van der Waals surface area contributed by atoms with Crippen LogP contribution in [0.2, 0.25) is 0 Å². The highest BCUT2D eigenvalue weighted by molar-refractivity contribution is 5.54. The molecule has 2 heterocycles. The first kappa shape index (κ1) is 15.9. The quantitative estimate of drug-likeness (QED) is 0.570. The van der Waals surface area contributed by atoms with Crippen LogP contribution in [-0.2, 0) is 0 Å². The molecule has 0 bridgehead atoms. The number of hydrogen-bond donors (Lipinski definition) is 1. The maximum absolute atomic E-state index is 11.0. The van der Waals surface area contributed by atoms with Crippen molar-refractivity contribution in [1.82, 2.24) is 14.6 Å². The van der Waals surface area contributed by atoms with Gasteiger partial charge in [-0.1, -0.05) is 19.9 Å². The molecule has 3 aromatic rings. The Morgan fingerprint density at radius 2 is 2.00 bits per heavy atom. The average Bonchev–Trinajstić information content (AvgIpc) is 2.96. The molecule has 2 aromatic heterocycles. The van der Waals surface area contributed by atoms with E-state index >= 15 is 0 Å². The zero-order valence-corrected chi connectivity index (χ0v) is 13.8. The minimum absolute atomic E-state index is 0.0664. The SMILES string of the molecule is Cc1cc(NC(c2nnc3ccccn23)C(C)C)ccc1[N+](=O)[O-]. The van der Waals surface area contributed by atoms with E-state index in [0.717, 1.165) is 17.2 Å². The largest absolute Gasteiger partial charge is 0.375 e. The summed E-state index contributed by atoms with van der Waals surface area (Å²) in [5.41, 5.74) is 2.36. The smallest absolute Gasteiger partial charge is 0.272 e. The lowest BCUT2D eigenvalue weighted by atomic mass is 10.0. The number of fused-ring (bicyclic) bond motifs is 1. The van der Waals surface area contributed by atoms with Crippen LogP contribution in [0.3, 0.4) is 0 Å². The van der Waals surface area contributed by atoms with Crippen LogP contribution in [0.5, 0.6) is 0 Å². The van der Waals surface area contributed by atoms with Crippen molar-refractivity contribution in [2.75, 3.05) is 5.32 Å². The summed E-state index contributed by atoms with van der Waals surface area (Å²) >= 11 is 0. The summed E-state index contributed by atoms with van der Waals surface area (Å²) in [4.78, 5) is 10.6. The maximum atomic E-state index is 11.0. The molecule has 0 aliphatic carbocycles. The van der Waals surface area contributed by atoms with E-state index in [1.54, 1.807) is 19.1 Å². The van der Waals surface area contributed by atoms with E-state index in [9.17, 15) is 10.1 Å². The molecular weight excluding hydrogens is 306 g/mol. The van der Waals surface area contributed by atoms with E-state index in [-0.39, 0.29) is 22.6 Å². The van der Waals surface area contributed by atoms with E-state index in [4.69, 9.17) is 0 Å². The summed E-state index contributed by atoms with van der Waals surface area (Å²) in [6.45, 7) is 5.93. The molecule has 7 heteroatoms. The Kier molecular flexibility index (Phi) is 4.16. The van der Waals surface area contributed by atoms with Crippen molar-refractivity contribution >= 4 is 17.0 Å². The molecule has 1 aromatic carbocycles. The van der Waals surface area contributed by atoms with Gasteiger partial charge in [0.1, 0.15) is 0 Å². The number of hydrogen-bond acceptors (Lipinski definition) is 5. The number of rotatable bonds is 5. The van der Waals surface area contributed by atoms with Gasteiger partial charge in [0.2, 0.25) is 0 Å². The van der Waals surface area contributed by atoms with Gasteiger partial charge in [-0.2, -0.15) is 0 Å². The average molecular weight is 325 g/mol. The van der Waals surface area contributed by atoms with Crippen molar-refractivity contribution < 1.29 is 4.92 Å². The van der Waals surface area contributed by atoms with Gasteiger partial charge < -0.3 is 5.32 Å². The zero-order valence-electron chi connectivity index (χ0n) is 13.8. The highest BCUT2D eigenvalue weighted by Gasteiger charge is 2.22. The second kappa shape index (κ2) is 6.27. The molecule has 1 atom stereocenters. The van der Waals surface area contributed by atoms with Crippen LogP contribution < -0.4 is 5.32 Å². The molecule has 0 radical (unpaired) electrons. The Morgan fingerprint density at radius 1 is 1.21 bits per heavy atom. The Balaban J connectivity index is 1.95. The summed E-state index contributed by atoms with van der Waals surface area (Å²) in [6, 6.07) is 10.7. The van der Waals surface area contributed by atoms with Crippen molar-refractivity contribution in [3.05, 3.63) is 64.1 Å². The maximum Gasteiger partial charge on any atom is 0.272 e. The number of nitro groups is 1. The Hall–Kier alpha value is -2.96. The highest BCUT2D eigenvalue weighted by atomic mass is 16.6. The zero-order chi connectivity index (χ0) is 17.3. The second-order valence-electron chi connectivity index (χ2n) is 6.11. The van der Waals surface area contributed by atoms with E-state index in [0.29, 0.717) is 5.56 Å². The fraction of sp³-hybridized carbons (Fsp3) is 0.294. The lowest BCUT2D eigenvalue weighted by Gasteiger charge is -2.22. The van der Waals surface area contributed by atoms with E-state index in [2.05, 4.69) is 29.4 Å². The van der Waals surface area contributed by atoms with Crippen LogP contribution >= 0.6 is 0 Å². The summed E-state index contributed by atoms with van der Waals surface area (Å²) < 4.78 is 1.95. The Bertz CT molecular complexity index is 888. The lowest BCUT2D eigenvalue weighted by Crippen LogP contribution is -2.19. The fourth-order valence-corrected chi connectivity index (χ4v) is 2.73. The molecule has 0 aliphatic heterocycles. The number of aryl methyl sites for hydroxylation is 1. The molecule has 1 unspecified atom stereocenters. The van der Waals surface area contributed by atoms with Crippen LogP contribution in [0.25, 0.3) is 5.65 Å². The first-order chi connectivity index (χ1) is 11.5. The van der Waals surface area contributed by atoms with Gasteiger partial charge >= 0.3 is 0 Å². The van der Waals surface area contributed by atoms with Crippen molar-refractivity contribution in [2.45, 2.75) is 26.8 Å². The van der Waals surface area contributed by atoms with Gasteiger partial charge in [-0.3, -0.25) is 14.5 Å². The second-order valence-corrected chi connectivity index (χ2v) is 6.11. The first-order valence-corrected chi connectivity index (χ1v) is 7.78. The van der Waals surface area contributed by atoms with Gasteiger partial charge in [0.25, 0.3) is 5.69 Å². The standard InChI is InChI=1S/C17H19N5O2/c1-11(2)16(17-20-19-15-6-4-5-9-21(15)17)18-13-7-8-14(22(23)24)12(3)10-13/h4-11,16,18H,1-3H3. The minimum Gasteiger partial charge on any atom is -0.375 e. The van der Waals surface area contributed by atoms with Crippen LogP contribution in [0.1, 0.15) is 31.3 Å². The van der Waals surface area contributed by atoms with E-state index in [1.807, 2.05) is 28.8 Å². The van der Waals surface area contributed by atoms with Crippen LogP contribution in [0.4, 0.5) is 11.4 Å². The van der Waals surface area contributed by atoms with Crippen molar-refractivity contribution in [3.8, 4) is 0 Å². The van der Waals surface area contributed by atoms with Gasteiger partial charge in [-0.25, -0.2) is 0 Å². The molecule has 24 heavy (non-hydrogen) atoms. The van der Waals surface area contributed by atoms with Gasteiger partial charge in [0.15, 0.2) is 11.5 Å². The first-order valence-electron chi connectivity index (χ1n) is 7.78. The molecular formula is C17H19N5O2. The van der Waals surface area contributed by atoms with E-state index < -0.39 is 0 Å². The summed E-state index contributed by atoms with van der Waals surface area (Å²) in [5, 5.41) is 22.9. The molecule has 7 nitrogen and oxygen atoms in total. The van der Waals surface area contributed by atoms with Gasteiger partial charge in [0.05, 0.1) is 11.0 Å². The number of benzene rings is 1. The summed E-state index contributed by atoms with van der Waals surface area (Å²) in [7, 11) is 0. The van der Waals surface area contributed by atoms with Crippen molar-refractivity contribution in [3.63, 3.8) is 0 Å². The number of nitro benzene ring substituents is 1. The van der Waals surface area contributed by atoms with Crippen molar-refractivity contribution in [2.24, 2.45) is 5.92 Å². The Morgan fingerprint density at radius 3 is 2.67 bits per heavy atom. The lowest BCUT2D eigenvalue weighted by molar-refractivity contribution is -0.385. The highest BCUT2D eigenvalue weighted by Crippen LogP contribution is 2.28. The predicted octanol–water partition coefficient (Wildman–Crippen LogP) is 3.76. The molecule has 0 amide bonds. The molecule has 3 rings (SSSR count). The molecule has 0 fully saturated rings. The van der Waals surface area contributed by atoms with Crippen LogP contribution in [0, 0.1) is 23.0 Å². The predicted molar refractivity (Wildman–Crippen MR) is 92.0 cm³/mol. The van der Waals surface area contributed by atoms with Gasteiger partial charge in [0, 0.05) is 23.5 Å². The molecule has 0 saturated heterocycles. The third-order valence-corrected chi connectivity index (χ3v) is 4.00. The third kappa shape index (κ3) is 2.92. The van der Waals surface area contributed by atoms with Crippen LogP contribution in [0.15, 0.2) is 42.6 Å². The number of aromatic nitrogens is 3. The monoisotopic (exact) mass is 325 g/mol. The van der Waals surface area contributed by atoms with Gasteiger partial charge in [-0.15, -0.1) is 10.2 Å². The number of pyridine rings is 1. The topological polar surface area (TPSA) is 85.4 Å². The fourth-order valence-electron chi connectivity index (χ4n) is 2.73. The molecule has 0 spiro atoms. The molecule has 124 valence electrons. The summed E-state index contributed by atoms with van der Waals surface area (Å²) in [6.07, 6.45) is 1.93. The number of nitrogens with one attached hydrogen (secondary N) is 1.